The van der Waals surface area contributed by atoms with E-state index in [4.69, 9.17) is 12.2 Å². The van der Waals surface area contributed by atoms with E-state index in [1.54, 1.807) is 24.5 Å². The first-order valence-corrected chi connectivity index (χ1v) is 6.81. The molecule has 5 nitrogen and oxygen atoms in total. The number of nitrogens with zero attached hydrogens (tertiary/aromatic N) is 1. The van der Waals surface area contributed by atoms with Crippen LogP contribution >= 0.6 is 12.2 Å². The summed E-state index contributed by atoms with van der Waals surface area (Å²) in [6, 6.07) is 9.28. The van der Waals surface area contributed by atoms with Crippen LogP contribution in [-0.2, 0) is 0 Å². The Bertz CT molecular complexity index is 658. The minimum atomic E-state index is -0.275. The number of benzene rings is 1. The number of amides is 1. The van der Waals surface area contributed by atoms with Gasteiger partial charge in [-0.05, 0) is 55.4 Å². The van der Waals surface area contributed by atoms with Gasteiger partial charge >= 0.3 is 0 Å². The number of pyridine rings is 1. The highest BCUT2D eigenvalue weighted by atomic mass is 32.1. The minimum absolute atomic E-state index is 0.275. The van der Waals surface area contributed by atoms with Gasteiger partial charge in [0.1, 0.15) is 0 Å². The standard InChI is InChI=1S/C15H16N4OS/c1-10-3-4-11(2)13(9-10)17-15(21)19-18-14(20)12-5-7-16-8-6-12/h3-9H,1-2H3,(H,18,20)(H2,17,19,21). The third-order valence-electron chi connectivity index (χ3n) is 2.87. The van der Waals surface area contributed by atoms with Gasteiger partial charge < -0.3 is 5.32 Å². The number of hydrogen-bond acceptors (Lipinski definition) is 3. The van der Waals surface area contributed by atoms with Crippen molar-refractivity contribution in [3.63, 3.8) is 0 Å². The van der Waals surface area contributed by atoms with Crippen LogP contribution in [0.4, 0.5) is 5.69 Å². The van der Waals surface area contributed by atoms with Crippen LogP contribution < -0.4 is 16.2 Å². The highest BCUT2D eigenvalue weighted by Crippen LogP contribution is 2.15. The van der Waals surface area contributed by atoms with Crippen LogP contribution in [0.5, 0.6) is 0 Å². The van der Waals surface area contributed by atoms with Crippen molar-refractivity contribution >= 4 is 28.9 Å². The van der Waals surface area contributed by atoms with E-state index in [1.807, 2.05) is 32.0 Å². The van der Waals surface area contributed by atoms with Crippen LogP contribution in [-0.4, -0.2) is 16.0 Å². The first kappa shape index (κ1) is 14.9. The summed E-state index contributed by atoms with van der Waals surface area (Å²) in [5.74, 6) is -0.275. The molecule has 3 N–H and O–H groups in total. The second-order valence-electron chi connectivity index (χ2n) is 4.59. The van der Waals surface area contributed by atoms with Crippen LogP contribution in [0.2, 0.25) is 0 Å². The number of nitrogens with one attached hydrogen (secondary N) is 3. The monoisotopic (exact) mass is 300 g/mol. The van der Waals surface area contributed by atoms with Crippen molar-refractivity contribution in [3.05, 3.63) is 59.4 Å². The fourth-order valence-electron chi connectivity index (χ4n) is 1.71. The van der Waals surface area contributed by atoms with Gasteiger partial charge in [0.15, 0.2) is 5.11 Å². The van der Waals surface area contributed by atoms with Crippen molar-refractivity contribution in [2.75, 3.05) is 5.32 Å². The number of anilines is 1. The molecule has 0 bridgehead atoms. The van der Waals surface area contributed by atoms with Gasteiger partial charge in [0.2, 0.25) is 0 Å². The Morgan fingerprint density at radius 3 is 2.52 bits per heavy atom. The SMILES string of the molecule is Cc1ccc(C)c(NC(=S)NNC(=O)c2ccncc2)c1. The fraction of sp³-hybridized carbons (Fsp3) is 0.133. The second kappa shape index (κ2) is 6.81. The maximum absolute atomic E-state index is 11.8. The van der Waals surface area contributed by atoms with Crippen molar-refractivity contribution in [1.29, 1.82) is 0 Å². The van der Waals surface area contributed by atoms with Crippen LogP contribution in [0.1, 0.15) is 21.5 Å². The number of hydrazine groups is 1. The van der Waals surface area contributed by atoms with E-state index >= 15 is 0 Å². The van der Waals surface area contributed by atoms with Crippen molar-refractivity contribution < 1.29 is 4.79 Å². The molecule has 21 heavy (non-hydrogen) atoms. The number of thiocarbonyl (C=S) groups is 1. The number of hydrogen-bond donors (Lipinski definition) is 3. The molecule has 2 aromatic rings. The average Bonchev–Trinajstić information content (AvgIpc) is 2.49. The van der Waals surface area contributed by atoms with E-state index in [-0.39, 0.29) is 5.91 Å². The molecule has 0 aliphatic rings. The van der Waals surface area contributed by atoms with E-state index < -0.39 is 0 Å². The minimum Gasteiger partial charge on any atom is -0.331 e. The number of carbonyl (C=O) groups excluding carboxylic acids is 1. The molecule has 6 heteroatoms. The summed E-state index contributed by atoms with van der Waals surface area (Å²) in [5.41, 5.74) is 8.83. The van der Waals surface area contributed by atoms with Crippen LogP contribution in [0.3, 0.4) is 0 Å². The number of aryl methyl sites for hydroxylation is 2. The lowest BCUT2D eigenvalue weighted by Crippen LogP contribution is -2.43. The lowest BCUT2D eigenvalue weighted by Gasteiger charge is -2.13. The number of aromatic nitrogens is 1. The Labute approximate surface area is 128 Å². The van der Waals surface area contributed by atoms with E-state index in [1.165, 1.54) is 0 Å². The van der Waals surface area contributed by atoms with Gasteiger partial charge in [-0.2, -0.15) is 0 Å². The quantitative estimate of drug-likeness (QED) is 0.587. The Hall–Kier alpha value is -2.47. The van der Waals surface area contributed by atoms with Gasteiger partial charge in [0.25, 0.3) is 5.91 Å². The molecule has 0 spiro atoms. The number of carbonyl (C=O) groups is 1. The molecule has 0 saturated carbocycles. The van der Waals surface area contributed by atoms with Crippen molar-refractivity contribution in [2.45, 2.75) is 13.8 Å². The molecule has 0 aliphatic carbocycles. The molecule has 0 radical (unpaired) electrons. The molecule has 1 aromatic heterocycles. The zero-order valence-corrected chi connectivity index (χ0v) is 12.6. The molecular formula is C15H16N4OS. The van der Waals surface area contributed by atoms with Gasteiger partial charge in [-0.15, -0.1) is 0 Å². The molecule has 1 aromatic carbocycles. The van der Waals surface area contributed by atoms with Crippen molar-refractivity contribution in [3.8, 4) is 0 Å². The third-order valence-corrected chi connectivity index (χ3v) is 3.08. The van der Waals surface area contributed by atoms with Crippen molar-refractivity contribution in [2.24, 2.45) is 0 Å². The highest BCUT2D eigenvalue weighted by molar-refractivity contribution is 7.80. The summed E-state index contributed by atoms with van der Waals surface area (Å²) in [7, 11) is 0. The summed E-state index contributed by atoms with van der Waals surface area (Å²) in [5, 5.41) is 3.38. The summed E-state index contributed by atoms with van der Waals surface area (Å²) in [6.07, 6.45) is 3.11. The van der Waals surface area contributed by atoms with Crippen molar-refractivity contribution in [1.82, 2.24) is 15.8 Å². The zero-order chi connectivity index (χ0) is 15.2. The van der Waals surface area contributed by atoms with E-state index in [2.05, 4.69) is 21.2 Å². The zero-order valence-electron chi connectivity index (χ0n) is 11.8. The summed E-state index contributed by atoms with van der Waals surface area (Å²) < 4.78 is 0. The average molecular weight is 300 g/mol. The maximum atomic E-state index is 11.8. The first-order chi connectivity index (χ1) is 10.1. The molecule has 0 saturated heterocycles. The molecule has 0 fully saturated rings. The Morgan fingerprint density at radius 1 is 1.10 bits per heavy atom. The van der Waals surface area contributed by atoms with Gasteiger partial charge in [-0.25, -0.2) is 0 Å². The molecule has 2 rings (SSSR count). The molecule has 1 heterocycles. The topological polar surface area (TPSA) is 66.0 Å². The third kappa shape index (κ3) is 4.25. The largest absolute Gasteiger partial charge is 0.331 e. The molecule has 0 unspecified atom stereocenters. The van der Waals surface area contributed by atoms with Crippen LogP contribution in [0.15, 0.2) is 42.7 Å². The summed E-state index contributed by atoms with van der Waals surface area (Å²) >= 11 is 5.16. The Balaban J connectivity index is 1.91. The highest BCUT2D eigenvalue weighted by Gasteiger charge is 2.06. The smallest absolute Gasteiger partial charge is 0.269 e. The van der Waals surface area contributed by atoms with E-state index in [0.29, 0.717) is 10.7 Å². The second-order valence-corrected chi connectivity index (χ2v) is 5.00. The van der Waals surface area contributed by atoms with Gasteiger partial charge in [-0.1, -0.05) is 12.1 Å². The summed E-state index contributed by atoms with van der Waals surface area (Å²) in [6.45, 7) is 3.99. The molecular weight excluding hydrogens is 284 g/mol. The Kier molecular flexibility index (Phi) is 4.84. The molecule has 0 aliphatic heterocycles. The maximum Gasteiger partial charge on any atom is 0.269 e. The first-order valence-electron chi connectivity index (χ1n) is 6.41. The van der Waals surface area contributed by atoms with E-state index in [9.17, 15) is 4.79 Å². The van der Waals surface area contributed by atoms with Crippen LogP contribution in [0.25, 0.3) is 0 Å². The fourth-order valence-corrected chi connectivity index (χ4v) is 1.87. The molecule has 1 amide bonds. The molecule has 0 atom stereocenters. The van der Waals surface area contributed by atoms with Gasteiger partial charge in [-0.3, -0.25) is 20.6 Å². The van der Waals surface area contributed by atoms with Gasteiger partial charge in [0, 0.05) is 23.6 Å². The number of rotatable bonds is 2. The molecule has 108 valence electrons. The lowest BCUT2D eigenvalue weighted by molar-refractivity contribution is 0.0944. The van der Waals surface area contributed by atoms with Gasteiger partial charge in [0.05, 0.1) is 0 Å². The Morgan fingerprint density at radius 2 is 1.81 bits per heavy atom. The predicted octanol–water partition coefficient (Wildman–Crippen LogP) is 2.33. The van der Waals surface area contributed by atoms with Crippen LogP contribution in [0, 0.1) is 13.8 Å². The lowest BCUT2D eigenvalue weighted by atomic mass is 10.1. The van der Waals surface area contributed by atoms with E-state index in [0.717, 1.165) is 16.8 Å². The predicted molar refractivity (Wildman–Crippen MR) is 87.0 cm³/mol. The summed E-state index contributed by atoms with van der Waals surface area (Å²) in [4.78, 5) is 15.7. The normalized spacial score (nSPS) is 9.81.